The number of para-hydroxylation sites is 3. The van der Waals surface area contributed by atoms with Crippen molar-refractivity contribution in [1.82, 2.24) is 0 Å². The first-order valence-electron chi connectivity index (χ1n) is 9.29. The van der Waals surface area contributed by atoms with Crippen molar-refractivity contribution in [3.05, 3.63) is 53.6 Å². The molecule has 0 aliphatic heterocycles. The Labute approximate surface area is 167 Å². The van der Waals surface area contributed by atoms with E-state index in [0.717, 1.165) is 23.1 Å². The first-order valence-corrected chi connectivity index (χ1v) is 11.1. The zero-order valence-electron chi connectivity index (χ0n) is 16.9. The molecule has 2 aromatic rings. The summed E-state index contributed by atoms with van der Waals surface area (Å²) in [7, 11) is -3.51. The normalized spacial score (nSPS) is 11.1. The van der Waals surface area contributed by atoms with Crippen LogP contribution in [0.5, 0.6) is 5.75 Å². The Morgan fingerprint density at radius 2 is 1.71 bits per heavy atom. The van der Waals surface area contributed by atoms with Gasteiger partial charge in [-0.1, -0.05) is 30.3 Å². The molecular weight excluding hydrogens is 376 g/mol. The molecule has 0 saturated heterocycles. The minimum Gasteiger partial charge on any atom is -0.492 e. The van der Waals surface area contributed by atoms with E-state index >= 15 is 0 Å². The van der Waals surface area contributed by atoms with Crippen molar-refractivity contribution in [2.75, 3.05) is 29.0 Å². The van der Waals surface area contributed by atoms with Gasteiger partial charge in [0.25, 0.3) is 0 Å². The lowest BCUT2D eigenvalue weighted by Gasteiger charge is -2.24. The maximum absolute atomic E-state index is 12.4. The van der Waals surface area contributed by atoms with Crippen LogP contribution in [0.4, 0.5) is 11.4 Å². The fourth-order valence-corrected chi connectivity index (χ4v) is 3.97. The third kappa shape index (κ3) is 5.73. The average Bonchev–Trinajstić information content (AvgIpc) is 2.62. The number of aryl methyl sites for hydroxylation is 2. The van der Waals surface area contributed by atoms with Crippen LogP contribution in [-0.2, 0) is 14.8 Å². The van der Waals surface area contributed by atoms with Gasteiger partial charge in [-0.2, -0.15) is 0 Å². The lowest BCUT2D eigenvalue weighted by molar-refractivity contribution is -0.116. The van der Waals surface area contributed by atoms with Gasteiger partial charge in [0, 0.05) is 18.7 Å². The minimum absolute atomic E-state index is 0.135. The summed E-state index contributed by atoms with van der Waals surface area (Å²) in [6.45, 7) is 6.37. The van der Waals surface area contributed by atoms with E-state index in [1.807, 2.05) is 39.0 Å². The molecule has 152 valence electrons. The second kappa shape index (κ2) is 9.59. The lowest BCUT2D eigenvalue weighted by Crippen LogP contribution is -2.32. The molecular formula is C21H28N2O4S. The number of anilines is 2. The van der Waals surface area contributed by atoms with E-state index in [4.69, 9.17) is 4.74 Å². The summed E-state index contributed by atoms with van der Waals surface area (Å²) in [5.74, 6) is 0.374. The minimum atomic E-state index is -3.51. The van der Waals surface area contributed by atoms with Gasteiger partial charge in [0.2, 0.25) is 15.9 Å². The average molecular weight is 405 g/mol. The Morgan fingerprint density at radius 1 is 1.07 bits per heavy atom. The van der Waals surface area contributed by atoms with E-state index in [0.29, 0.717) is 24.5 Å². The van der Waals surface area contributed by atoms with Crippen molar-refractivity contribution in [2.24, 2.45) is 0 Å². The maximum atomic E-state index is 12.4. The number of ether oxygens (including phenoxy) is 1. The molecule has 0 aliphatic carbocycles. The Hall–Kier alpha value is -2.54. The fourth-order valence-electron chi connectivity index (χ4n) is 3.00. The van der Waals surface area contributed by atoms with Crippen molar-refractivity contribution in [3.8, 4) is 5.75 Å². The van der Waals surface area contributed by atoms with Crippen LogP contribution in [0.1, 0.15) is 30.9 Å². The zero-order valence-corrected chi connectivity index (χ0v) is 17.7. The van der Waals surface area contributed by atoms with Gasteiger partial charge >= 0.3 is 0 Å². The zero-order chi connectivity index (χ0) is 20.7. The largest absolute Gasteiger partial charge is 0.492 e. The van der Waals surface area contributed by atoms with Crippen LogP contribution in [0.3, 0.4) is 0 Å². The summed E-state index contributed by atoms with van der Waals surface area (Å²) < 4.78 is 31.5. The van der Waals surface area contributed by atoms with E-state index in [9.17, 15) is 13.2 Å². The quantitative estimate of drug-likeness (QED) is 0.688. The summed E-state index contributed by atoms with van der Waals surface area (Å²) in [6.07, 6.45) is 1.77. The van der Waals surface area contributed by atoms with Gasteiger partial charge in [-0.25, -0.2) is 8.42 Å². The van der Waals surface area contributed by atoms with Crippen molar-refractivity contribution in [2.45, 2.75) is 33.6 Å². The van der Waals surface area contributed by atoms with Crippen LogP contribution in [0.2, 0.25) is 0 Å². The van der Waals surface area contributed by atoms with E-state index in [1.54, 1.807) is 24.3 Å². The standard InChI is InChI=1S/C21H28N2O4S/c1-5-27-19-13-7-6-12-18(19)23(28(4,25)26)15-9-14-20(24)22-21-16(2)10-8-11-17(21)3/h6-8,10-13H,5,9,14-15H2,1-4H3,(H,22,24). The molecule has 0 bridgehead atoms. The summed E-state index contributed by atoms with van der Waals surface area (Å²) >= 11 is 0. The summed E-state index contributed by atoms with van der Waals surface area (Å²) in [4.78, 5) is 12.4. The highest BCUT2D eigenvalue weighted by molar-refractivity contribution is 7.92. The third-order valence-electron chi connectivity index (χ3n) is 4.34. The van der Waals surface area contributed by atoms with E-state index in [1.165, 1.54) is 4.31 Å². The number of nitrogens with one attached hydrogen (secondary N) is 1. The van der Waals surface area contributed by atoms with Gasteiger partial charge in [-0.05, 0) is 50.5 Å². The molecule has 7 heteroatoms. The molecule has 6 nitrogen and oxygen atoms in total. The molecule has 0 unspecified atom stereocenters. The van der Waals surface area contributed by atoms with Crippen LogP contribution in [0.25, 0.3) is 0 Å². The van der Waals surface area contributed by atoms with Crippen LogP contribution in [0.15, 0.2) is 42.5 Å². The molecule has 0 aliphatic rings. The highest BCUT2D eigenvalue weighted by atomic mass is 32.2. The van der Waals surface area contributed by atoms with Crippen molar-refractivity contribution in [3.63, 3.8) is 0 Å². The van der Waals surface area contributed by atoms with Crippen molar-refractivity contribution >= 4 is 27.3 Å². The van der Waals surface area contributed by atoms with Gasteiger partial charge < -0.3 is 10.1 Å². The number of amides is 1. The lowest BCUT2D eigenvalue weighted by atomic mass is 10.1. The predicted molar refractivity (Wildman–Crippen MR) is 114 cm³/mol. The van der Waals surface area contributed by atoms with Crippen LogP contribution in [-0.4, -0.2) is 33.7 Å². The Kier molecular flexibility index (Phi) is 7.45. The van der Waals surface area contributed by atoms with Gasteiger partial charge in [0.05, 0.1) is 18.6 Å². The molecule has 0 heterocycles. The van der Waals surface area contributed by atoms with E-state index < -0.39 is 10.0 Å². The van der Waals surface area contributed by atoms with Crippen LogP contribution >= 0.6 is 0 Å². The van der Waals surface area contributed by atoms with Crippen molar-refractivity contribution < 1.29 is 17.9 Å². The monoisotopic (exact) mass is 404 g/mol. The van der Waals surface area contributed by atoms with Gasteiger partial charge in [0.15, 0.2) is 0 Å². The number of nitrogens with zero attached hydrogens (tertiary/aromatic N) is 1. The highest BCUT2D eigenvalue weighted by Gasteiger charge is 2.21. The molecule has 0 spiro atoms. The molecule has 28 heavy (non-hydrogen) atoms. The van der Waals surface area contributed by atoms with Crippen LogP contribution in [0, 0.1) is 13.8 Å². The molecule has 0 fully saturated rings. The van der Waals surface area contributed by atoms with Crippen LogP contribution < -0.4 is 14.4 Å². The van der Waals surface area contributed by atoms with Gasteiger partial charge in [0.1, 0.15) is 5.75 Å². The Bertz CT molecular complexity index is 906. The number of hydrogen-bond acceptors (Lipinski definition) is 4. The Balaban J connectivity index is 2.06. The number of carbonyl (C=O) groups is 1. The second-order valence-corrected chi connectivity index (χ2v) is 8.56. The summed E-state index contributed by atoms with van der Waals surface area (Å²) in [5.41, 5.74) is 3.30. The molecule has 1 amide bonds. The first kappa shape index (κ1) is 21.8. The smallest absolute Gasteiger partial charge is 0.232 e. The number of rotatable bonds is 9. The molecule has 0 saturated carbocycles. The number of benzene rings is 2. The maximum Gasteiger partial charge on any atom is 0.232 e. The van der Waals surface area contributed by atoms with Gasteiger partial charge in [-0.15, -0.1) is 0 Å². The van der Waals surface area contributed by atoms with E-state index in [-0.39, 0.29) is 18.9 Å². The number of sulfonamides is 1. The fraction of sp³-hybridized carbons (Fsp3) is 0.381. The first-order chi connectivity index (χ1) is 13.2. The third-order valence-corrected chi connectivity index (χ3v) is 5.52. The predicted octanol–water partition coefficient (Wildman–Crippen LogP) is 3.89. The highest BCUT2D eigenvalue weighted by Crippen LogP contribution is 2.30. The molecule has 2 aromatic carbocycles. The molecule has 0 atom stereocenters. The molecule has 0 aromatic heterocycles. The summed E-state index contributed by atoms with van der Waals surface area (Å²) in [6, 6.07) is 12.8. The molecule has 2 rings (SSSR count). The Morgan fingerprint density at radius 3 is 2.32 bits per heavy atom. The molecule has 1 N–H and O–H groups in total. The van der Waals surface area contributed by atoms with E-state index in [2.05, 4.69) is 5.32 Å². The summed E-state index contributed by atoms with van der Waals surface area (Å²) in [5, 5.41) is 2.93. The topological polar surface area (TPSA) is 75.7 Å². The molecule has 0 radical (unpaired) electrons. The SMILES string of the molecule is CCOc1ccccc1N(CCCC(=O)Nc1c(C)cccc1C)S(C)(=O)=O. The van der Waals surface area contributed by atoms with Crippen molar-refractivity contribution in [1.29, 1.82) is 0 Å². The second-order valence-electron chi connectivity index (χ2n) is 6.65. The number of carbonyl (C=O) groups excluding carboxylic acids is 1. The van der Waals surface area contributed by atoms with Gasteiger partial charge in [-0.3, -0.25) is 9.10 Å². The number of hydrogen-bond donors (Lipinski definition) is 1.